The van der Waals surface area contributed by atoms with Crippen LogP contribution in [0.5, 0.6) is 5.75 Å². The Balaban J connectivity index is 0.00000204. The third-order valence-electron chi connectivity index (χ3n) is 4.60. The minimum atomic E-state index is 0.774. The van der Waals surface area contributed by atoms with Crippen molar-refractivity contribution in [2.75, 3.05) is 6.61 Å². The number of ether oxygens (including phenoxy) is 1. The molecule has 1 aromatic heterocycles. The summed E-state index contributed by atoms with van der Waals surface area (Å²) in [7, 11) is 0. The van der Waals surface area contributed by atoms with E-state index < -0.39 is 0 Å². The fourth-order valence-electron chi connectivity index (χ4n) is 2.86. The number of unbranched alkanes of at least 4 members (excludes halogenated alkanes) is 6. The third kappa shape index (κ3) is 11.0. The molecule has 2 heteroatoms. The minimum Gasteiger partial charge on any atom is -0.494 e. The second kappa shape index (κ2) is 16.3. The average Bonchev–Trinajstić information content (AvgIpc) is 2.78. The maximum atomic E-state index is 5.68. The second-order valence-corrected chi connectivity index (χ2v) is 7.05. The number of nitrogens with zero attached hydrogens (tertiary/aromatic N) is 1. The largest absolute Gasteiger partial charge is 0.494 e. The van der Waals surface area contributed by atoms with Crippen molar-refractivity contribution in [2.24, 2.45) is 0 Å². The van der Waals surface area contributed by atoms with E-state index >= 15 is 0 Å². The third-order valence-corrected chi connectivity index (χ3v) is 4.60. The molecule has 0 spiro atoms. The molecule has 2 nitrogen and oxygen atoms in total. The van der Waals surface area contributed by atoms with Crippen LogP contribution in [0.3, 0.4) is 0 Å². The van der Waals surface area contributed by atoms with Gasteiger partial charge in [0.1, 0.15) is 11.4 Å². The van der Waals surface area contributed by atoms with Gasteiger partial charge in [-0.25, -0.2) is 4.98 Å². The molecule has 0 atom stereocenters. The second-order valence-electron chi connectivity index (χ2n) is 7.05. The Labute approximate surface area is 178 Å². The maximum absolute atomic E-state index is 5.68. The Hall–Kier alpha value is -2.71. The average molecular weight is 390 g/mol. The molecule has 0 aliphatic carbocycles. The summed E-state index contributed by atoms with van der Waals surface area (Å²) in [5.74, 6) is 7.24. The van der Waals surface area contributed by atoms with Crippen LogP contribution in [-0.2, 0) is 6.42 Å². The monoisotopic (exact) mass is 389 g/mol. The highest BCUT2D eigenvalue weighted by Crippen LogP contribution is 2.13. The molecule has 0 radical (unpaired) electrons. The summed E-state index contributed by atoms with van der Waals surface area (Å²) in [5.41, 5.74) is 3.12. The van der Waals surface area contributed by atoms with Crippen molar-refractivity contribution in [1.29, 1.82) is 0 Å². The van der Waals surface area contributed by atoms with Crippen LogP contribution in [0, 0.1) is 24.7 Å². The van der Waals surface area contributed by atoms with Crippen molar-refractivity contribution in [3.05, 3.63) is 59.4 Å². The first-order valence-corrected chi connectivity index (χ1v) is 10.8. The van der Waals surface area contributed by atoms with Crippen molar-refractivity contribution >= 4 is 0 Å². The van der Waals surface area contributed by atoms with E-state index in [2.05, 4.69) is 49.6 Å². The fourth-order valence-corrected chi connectivity index (χ4v) is 2.86. The van der Waals surface area contributed by atoms with Gasteiger partial charge in [-0.2, -0.15) is 0 Å². The summed E-state index contributed by atoms with van der Waals surface area (Å²) in [5, 5.41) is 0. The molecule has 0 aliphatic rings. The molecule has 0 N–H and O–H groups in total. The van der Waals surface area contributed by atoms with E-state index in [0.717, 1.165) is 42.9 Å². The molecule has 0 saturated heterocycles. The molecule has 1 heterocycles. The Morgan fingerprint density at radius 1 is 0.793 bits per heavy atom. The summed E-state index contributed by atoms with van der Waals surface area (Å²) in [4.78, 5) is 4.49. The predicted octanol–water partition coefficient (Wildman–Crippen LogP) is 6.81. The van der Waals surface area contributed by atoms with E-state index in [-0.39, 0.29) is 0 Å². The van der Waals surface area contributed by atoms with E-state index in [4.69, 9.17) is 4.74 Å². The lowest BCUT2D eigenvalue weighted by molar-refractivity contribution is 0.309. The molecule has 2 rings (SSSR count). The zero-order chi connectivity index (χ0) is 21.2. The number of benzene rings is 1. The van der Waals surface area contributed by atoms with Gasteiger partial charge >= 0.3 is 0 Å². The molecule has 0 amide bonds. The zero-order valence-electron chi connectivity index (χ0n) is 18.1. The van der Waals surface area contributed by atoms with Crippen LogP contribution in [-0.4, -0.2) is 11.6 Å². The van der Waals surface area contributed by atoms with Crippen LogP contribution in [0.25, 0.3) is 0 Å². The quantitative estimate of drug-likeness (QED) is 0.311. The van der Waals surface area contributed by atoms with Crippen LogP contribution in [0.15, 0.2) is 42.6 Å². The van der Waals surface area contributed by atoms with Gasteiger partial charge in [0.05, 0.1) is 6.61 Å². The minimum absolute atomic E-state index is 0.774. The van der Waals surface area contributed by atoms with E-state index in [1.54, 1.807) is 0 Å². The molecular weight excluding hydrogens is 354 g/mol. The van der Waals surface area contributed by atoms with E-state index in [1.165, 1.54) is 44.1 Å². The highest BCUT2D eigenvalue weighted by atomic mass is 16.5. The Morgan fingerprint density at radius 2 is 1.48 bits per heavy atom. The number of pyridine rings is 1. The van der Waals surface area contributed by atoms with Crippen molar-refractivity contribution in [3.63, 3.8) is 0 Å². The van der Waals surface area contributed by atoms with E-state index in [0.29, 0.717) is 0 Å². The SMILES string of the molecule is C#C.CCCCCCCCc1ccc(C#Cc2ccc(OCCCC)cc2)nc1. The zero-order valence-corrected chi connectivity index (χ0v) is 18.1. The number of aromatic nitrogens is 1. The number of terminal acetylenes is 1. The van der Waals surface area contributed by atoms with Crippen LogP contribution in [0.2, 0.25) is 0 Å². The molecule has 0 saturated carbocycles. The van der Waals surface area contributed by atoms with Crippen LogP contribution in [0.1, 0.15) is 82.0 Å². The molecule has 0 aliphatic heterocycles. The lowest BCUT2D eigenvalue weighted by atomic mass is 10.1. The Bertz CT molecular complexity index is 732. The van der Waals surface area contributed by atoms with Crippen LogP contribution in [0.4, 0.5) is 0 Å². The van der Waals surface area contributed by atoms with Gasteiger partial charge in [-0.3, -0.25) is 0 Å². The molecule has 0 fully saturated rings. The highest BCUT2D eigenvalue weighted by Gasteiger charge is 1.97. The van der Waals surface area contributed by atoms with Gasteiger partial charge < -0.3 is 4.74 Å². The van der Waals surface area contributed by atoms with Gasteiger partial charge in [-0.05, 0) is 61.1 Å². The molecule has 1 aromatic carbocycles. The predicted molar refractivity (Wildman–Crippen MR) is 124 cm³/mol. The maximum Gasteiger partial charge on any atom is 0.119 e. The normalized spacial score (nSPS) is 9.66. The number of aryl methyl sites for hydroxylation is 1. The lowest BCUT2D eigenvalue weighted by Gasteiger charge is -2.04. The van der Waals surface area contributed by atoms with E-state index in [1.807, 2.05) is 36.5 Å². The smallest absolute Gasteiger partial charge is 0.119 e. The molecule has 154 valence electrons. The fraction of sp³-hybridized carbons (Fsp3) is 0.444. The van der Waals surface area contributed by atoms with Gasteiger partial charge in [0.2, 0.25) is 0 Å². The number of hydrogen-bond donors (Lipinski definition) is 0. The van der Waals surface area contributed by atoms with Gasteiger partial charge in [0.25, 0.3) is 0 Å². The van der Waals surface area contributed by atoms with Gasteiger partial charge in [-0.1, -0.05) is 64.4 Å². The van der Waals surface area contributed by atoms with Crippen LogP contribution >= 0.6 is 0 Å². The Kier molecular flexibility index (Phi) is 13.6. The lowest BCUT2D eigenvalue weighted by Crippen LogP contribution is -1.95. The van der Waals surface area contributed by atoms with Crippen LogP contribution < -0.4 is 4.74 Å². The van der Waals surface area contributed by atoms with Gasteiger partial charge in [0.15, 0.2) is 0 Å². The summed E-state index contributed by atoms with van der Waals surface area (Å²) in [6, 6.07) is 12.2. The first kappa shape index (κ1) is 24.3. The van der Waals surface area contributed by atoms with Crippen molar-refractivity contribution in [2.45, 2.75) is 71.6 Å². The molecular formula is C27H35NO. The summed E-state index contributed by atoms with van der Waals surface area (Å²) >= 11 is 0. The molecule has 0 bridgehead atoms. The van der Waals surface area contributed by atoms with Crippen molar-refractivity contribution in [3.8, 4) is 30.4 Å². The first-order chi connectivity index (χ1) is 14.3. The summed E-state index contributed by atoms with van der Waals surface area (Å²) in [6.45, 7) is 5.20. The standard InChI is InChI=1S/C25H33NO.C2H2/c1-3-5-7-8-9-10-11-23-13-17-24(26-21-23)16-12-22-14-18-25(19-15-22)27-20-6-4-2;1-2/h13-15,17-19,21H,3-11,20H2,1-2H3;1-2H. The highest BCUT2D eigenvalue weighted by molar-refractivity contribution is 5.42. The topological polar surface area (TPSA) is 22.1 Å². The van der Waals surface area contributed by atoms with E-state index in [9.17, 15) is 0 Å². The number of rotatable bonds is 11. The van der Waals surface area contributed by atoms with Crippen molar-refractivity contribution in [1.82, 2.24) is 4.98 Å². The van der Waals surface area contributed by atoms with Gasteiger partial charge in [0, 0.05) is 11.8 Å². The van der Waals surface area contributed by atoms with Crippen molar-refractivity contribution < 1.29 is 4.74 Å². The molecule has 0 unspecified atom stereocenters. The molecule has 2 aromatic rings. The Morgan fingerprint density at radius 3 is 2.14 bits per heavy atom. The first-order valence-electron chi connectivity index (χ1n) is 10.8. The number of hydrogen-bond acceptors (Lipinski definition) is 2. The molecule has 29 heavy (non-hydrogen) atoms. The summed E-state index contributed by atoms with van der Waals surface area (Å²) < 4.78 is 5.68. The van der Waals surface area contributed by atoms with Gasteiger partial charge in [-0.15, -0.1) is 12.8 Å². The summed E-state index contributed by atoms with van der Waals surface area (Å²) in [6.07, 6.45) is 21.3.